The van der Waals surface area contributed by atoms with Gasteiger partial charge in [-0.3, -0.25) is 0 Å². The zero-order valence-electron chi connectivity index (χ0n) is 9.93. The van der Waals surface area contributed by atoms with Crippen LogP contribution in [-0.4, -0.2) is 0 Å². The van der Waals surface area contributed by atoms with Crippen LogP contribution < -0.4 is 10.5 Å². The lowest BCUT2D eigenvalue weighted by Gasteiger charge is -2.10. The van der Waals surface area contributed by atoms with Crippen LogP contribution in [0.1, 0.15) is 30.5 Å². The highest BCUT2D eigenvalue weighted by Gasteiger charge is 2.03. The Morgan fingerprint density at radius 2 is 2.00 bits per heavy atom. The number of rotatable bonds is 5. The molecule has 17 heavy (non-hydrogen) atoms. The number of benzene rings is 1. The van der Waals surface area contributed by atoms with E-state index in [0.29, 0.717) is 6.61 Å². The van der Waals surface area contributed by atoms with Gasteiger partial charge in [-0.15, -0.1) is 0 Å². The Bertz CT molecular complexity index is 436. The predicted molar refractivity (Wildman–Crippen MR) is 72.3 cm³/mol. The quantitative estimate of drug-likeness (QED) is 0.873. The van der Waals surface area contributed by atoms with Crippen molar-refractivity contribution in [1.82, 2.24) is 0 Å². The standard InChI is InChI=1S/C14H17NOS/c1-2-14(15)12-3-5-13(6-4-12)16-9-11-7-8-17-10-11/h3-8,10,14H,2,9,15H2,1H3. The van der Waals surface area contributed by atoms with E-state index in [-0.39, 0.29) is 6.04 Å². The molecule has 0 bridgehead atoms. The summed E-state index contributed by atoms with van der Waals surface area (Å²) in [5.74, 6) is 0.892. The fourth-order valence-corrected chi connectivity index (χ4v) is 2.24. The second-order valence-corrected chi connectivity index (χ2v) is 4.78. The third-order valence-corrected chi connectivity index (χ3v) is 3.47. The average Bonchev–Trinajstić information content (AvgIpc) is 2.89. The Balaban J connectivity index is 1.94. The maximum Gasteiger partial charge on any atom is 0.119 e. The summed E-state index contributed by atoms with van der Waals surface area (Å²) in [6, 6.07) is 10.2. The fourth-order valence-electron chi connectivity index (χ4n) is 1.59. The van der Waals surface area contributed by atoms with Gasteiger partial charge in [-0.25, -0.2) is 0 Å². The highest BCUT2D eigenvalue weighted by atomic mass is 32.1. The summed E-state index contributed by atoms with van der Waals surface area (Å²) < 4.78 is 5.68. The summed E-state index contributed by atoms with van der Waals surface area (Å²) in [5, 5.41) is 4.16. The second kappa shape index (κ2) is 5.84. The van der Waals surface area contributed by atoms with Gasteiger partial charge in [0.05, 0.1) is 0 Å². The van der Waals surface area contributed by atoms with Crippen LogP contribution in [0.25, 0.3) is 0 Å². The van der Waals surface area contributed by atoms with Gasteiger partial charge in [0.15, 0.2) is 0 Å². The van der Waals surface area contributed by atoms with Crippen LogP contribution in [0.5, 0.6) is 5.75 Å². The van der Waals surface area contributed by atoms with Crippen LogP contribution in [0.2, 0.25) is 0 Å². The molecular weight excluding hydrogens is 230 g/mol. The van der Waals surface area contributed by atoms with E-state index in [4.69, 9.17) is 10.5 Å². The van der Waals surface area contributed by atoms with E-state index in [0.717, 1.165) is 17.7 Å². The lowest BCUT2D eigenvalue weighted by Crippen LogP contribution is -2.08. The molecule has 0 amide bonds. The van der Waals surface area contributed by atoms with E-state index >= 15 is 0 Å². The van der Waals surface area contributed by atoms with Crippen molar-refractivity contribution in [3.05, 3.63) is 52.2 Å². The van der Waals surface area contributed by atoms with Crippen LogP contribution in [0, 0.1) is 0 Å². The first-order chi connectivity index (χ1) is 8.29. The third kappa shape index (κ3) is 3.32. The monoisotopic (exact) mass is 247 g/mol. The van der Waals surface area contributed by atoms with Gasteiger partial charge in [0.1, 0.15) is 12.4 Å². The molecule has 0 aliphatic carbocycles. The zero-order valence-corrected chi connectivity index (χ0v) is 10.7. The summed E-state index contributed by atoms with van der Waals surface area (Å²) in [7, 11) is 0. The molecule has 0 aliphatic rings. The van der Waals surface area contributed by atoms with Gasteiger partial charge in [0.25, 0.3) is 0 Å². The molecule has 1 aromatic heterocycles. The molecule has 1 aromatic carbocycles. The first kappa shape index (κ1) is 12.1. The minimum atomic E-state index is 0.126. The maximum atomic E-state index is 5.96. The van der Waals surface area contributed by atoms with Crippen molar-refractivity contribution in [2.24, 2.45) is 5.73 Å². The molecular formula is C14H17NOS. The van der Waals surface area contributed by atoms with Crippen molar-refractivity contribution < 1.29 is 4.74 Å². The topological polar surface area (TPSA) is 35.2 Å². The molecule has 0 saturated carbocycles. The molecule has 1 unspecified atom stereocenters. The minimum Gasteiger partial charge on any atom is -0.489 e. The number of hydrogen-bond donors (Lipinski definition) is 1. The maximum absolute atomic E-state index is 5.96. The molecule has 2 N–H and O–H groups in total. The smallest absolute Gasteiger partial charge is 0.119 e. The highest BCUT2D eigenvalue weighted by Crippen LogP contribution is 2.19. The molecule has 2 nitrogen and oxygen atoms in total. The molecule has 0 spiro atoms. The highest BCUT2D eigenvalue weighted by molar-refractivity contribution is 7.07. The Labute approximate surface area is 106 Å². The average molecular weight is 247 g/mol. The van der Waals surface area contributed by atoms with Crippen LogP contribution in [0.15, 0.2) is 41.1 Å². The van der Waals surface area contributed by atoms with E-state index < -0.39 is 0 Å². The summed E-state index contributed by atoms with van der Waals surface area (Å²) in [6.45, 7) is 2.72. The third-order valence-electron chi connectivity index (χ3n) is 2.73. The molecule has 2 aromatic rings. The van der Waals surface area contributed by atoms with Gasteiger partial charge in [-0.05, 0) is 46.5 Å². The van der Waals surface area contributed by atoms with Crippen molar-refractivity contribution in [2.45, 2.75) is 26.0 Å². The van der Waals surface area contributed by atoms with Crippen LogP contribution in [0.3, 0.4) is 0 Å². The molecule has 1 atom stereocenters. The van der Waals surface area contributed by atoms with E-state index in [1.165, 1.54) is 5.56 Å². The van der Waals surface area contributed by atoms with Gasteiger partial charge in [-0.2, -0.15) is 11.3 Å². The van der Waals surface area contributed by atoms with Gasteiger partial charge in [0, 0.05) is 6.04 Å². The largest absolute Gasteiger partial charge is 0.489 e. The van der Waals surface area contributed by atoms with Gasteiger partial charge < -0.3 is 10.5 Å². The van der Waals surface area contributed by atoms with Crippen LogP contribution >= 0.6 is 11.3 Å². The molecule has 3 heteroatoms. The number of thiophene rings is 1. The van der Waals surface area contributed by atoms with Crippen molar-refractivity contribution in [3.8, 4) is 5.75 Å². The van der Waals surface area contributed by atoms with Gasteiger partial charge in [0.2, 0.25) is 0 Å². The molecule has 0 aliphatic heterocycles. The first-order valence-corrected chi connectivity index (χ1v) is 6.73. The molecule has 0 saturated heterocycles. The Kier molecular flexibility index (Phi) is 4.18. The number of hydrogen-bond acceptors (Lipinski definition) is 3. The fraction of sp³-hybridized carbons (Fsp3) is 0.286. The summed E-state index contributed by atoms with van der Waals surface area (Å²) in [6.07, 6.45) is 0.953. The van der Waals surface area contributed by atoms with Crippen molar-refractivity contribution in [2.75, 3.05) is 0 Å². The lowest BCUT2D eigenvalue weighted by atomic mass is 10.1. The summed E-state index contributed by atoms with van der Waals surface area (Å²) in [5.41, 5.74) is 8.33. The Hall–Kier alpha value is -1.32. The van der Waals surface area contributed by atoms with Crippen molar-refractivity contribution in [1.29, 1.82) is 0 Å². The van der Waals surface area contributed by atoms with Crippen LogP contribution in [0.4, 0.5) is 0 Å². The zero-order chi connectivity index (χ0) is 12.1. The summed E-state index contributed by atoms with van der Waals surface area (Å²) in [4.78, 5) is 0. The Morgan fingerprint density at radius 1 is 1.24 bits per heavy atom. The van der Waals surface area contributed by atoms with E-state index in [2.05, 4.69) is 23.8 Å². The van der Waals surface area contributed by atoms with Gasteiger partial charge >= 0.3 is 0 Å². The SMILES string of the molecule is CCC(N)c1ccc(OCc2ccsc2)cc1. The van der Waals surface area contributed by atoms with Crippen molar-refractivity contribution >= 4 is 11.3 Å². The van der Waals surface area contributed by atoms with Crippen LogP contribution in [-0.2, 0) is 6.61 Å². The van der Waals surface area contributed by atoms with E-state index in [9.17, 15) is 0 Å². The number of ether oxygens (including phenoxy) is 1. The van der Waals surface area contributed by atoms with Crippen molar-refractivity contribution in [3.63, 3.8) is 0 Å². The molecule has 0 radical (unpaired) electrons. The molecule has 1 heterocycles. The van der Waals surface area contributed by atoms with E-state index in [1.54, 1.807) is 11.3 Å². The normalized spacial score (nSPS) is 12.4. The van der Waals surface area contributed by atoms with Gasteiger partial charge in [-0.1, -0.05) is 19.1 Å². The predicted octanol–water partition coefficient (Wildman–Crippen LogP) is 3.74. The number of nitrogens with two attached hydrogens (primary N) is 1. The lowest BCUT2D eigenvalue weighted by molar-refractivity contribution is 0.306. The molecule has 90 valence electrons. The second-order valence-electron chi connectivity index (χ2n) is 4.00. The molecule has 0 fully saturated rings. The molecule has 2 rings (SSSR count). The van der Waals surface area contributed by atoms with E-state index in [1.807, 2.05) is 24.3 Å². The Morgan fingerprint density at radius 3 is 2.59 bits per heavy atom. The summed E-state index contributed by atoms with van der Waals surface area (Å²) >= 11 is 1.69. The first-order valence-electron chi connectivity index (χ1n) is 5.79. The minimum absolute atomic E-state index is 0.126.